The van der Waals surface area contributed by atoms with Crippen molar-refractivity contribution in [3.8, 4) is 0 Å². The van der Waals surface area contributed by atoms with Gasteiger partial charge in [-0.15, -0.1) is 35.3 Å². The molecule has 0 bridgehead atoms. The van der Waals surface area contributed by atoms with Crippen LogP contribution in [-0.4, -0.2) is 17.5 Å². The number of hydrogen-bond donors (Lipinski definition) is 2. The van der Waals surface area contributed by atoms with Gasteiger partial charge >= 0.3 is 0 Å². The lowest BCUT2D eigenvalue weighted by Crippen LogP contribution is -2.36. The SMILES string of the molecule is CCNC(=NCc1ccccc1)NCc1ncc(C)s1.I. The Morgan fingerprint density at radius 3 is 2.62 bits per heavy atom. The van der Waals surface area contributed by atoms with E-state index in [0.717, 1.165) is 17.5 Å². The molecule has 1 heterocycles. The number of hydrogen-bond acceptors (Lipinski definition) is 3. The fraction of sp³-hybridized carbons (Fsp3) is 0.333. The Morgan fingerprint density at radius 1 is 1.24 bits per heavy atom. The van der Waals surface area contributed by atoms with E-state index < -0.39 is 0 Å². The Balaban J connectivity index is 0.00000220. The van der Waals surface area contributed by atoms with Crippen LogP contribution in [0.4, 0.5) is 0 Å². The van der Waals surface area contributed by atoms with Crippen LogP contribution in [0, 0.1) is 6.92 Å². The maximum absolute atomic E-state index is 4.58. The Bertz CT molecular complexity index is 554. The van der Waals surface area contributed by atoms with E-state index in [1.807, 2.05) is 24.4 Å². The Labute approximate surface area is 147 Å². The van der Waals surface area contributed by atoms with Gasteiger partial charge in [-0.25, -0.2) is 9.98 Å². The van der Waals surface area contributed by atoms with Gasteiger partial charge in [0, 0.05) is 17.6 Å². The van der Waals surface area contributed by atoms with Gasteiger partial charge in [0.25, 0.3) is 0 Å². The van der Waals surface area contributed by atoms with Gasteiger partial charge in [0.15, 0.2) is 5.96 Å². The van der Waals surface area contributed by atoms with E-state index in [1.54, 1.807) is 11.3 Å². The minimum atomic E-state index is 0. The highest BCUT2D eigenvalue weighted by atomic mass is 127. The molecule has 4 nitrogen and oxygen atoms in total. The standard InChI is InChI=1S/C15H20N4S.HI/c1-3-16-15(18-10-13-7-5-4-6-8-13)19-11-14-17-9-12(2)20-14;/h4-9H,3,10-11H2,1-2H3,(H2,16,18,19);1H. The van der Waals surface area contributed by atoms with Crippen LogP contribution in [-0.2, 0) is 13.1 Å². The zero-order valence-corrected chi connectivity index (χ0v) is 15.4. The molecule has 2 rings (SSSR count). The molecule has 0 spiro atoms. The fourth-order valence-electron chi connectivity index (χ4n) is 1.74. The third kappa shape index (κ3) is 6.43. The number of aliphatic imine (C=N–C) groups is 1. The summed E-state index contributed by atoms with van der Waals surface area (Å²) in [5, 5.41) is 7.63. The quantitative estimate of drug-likeness (QED) is 0.447. The Hall–Kier alpha value is -1.15. The van der Waals surface area contributed by atoms with Gasteiger partial charge in [0.05, 0.1) is 13.1 Å². The largest absolute Gasteiger partial charge is 0.357 e. The molecule has 0 saturated heterocycles. The molecule has 0 aliphatic heterocycles. The molecule has 0 fully saturated rings. The second kappa shape index (κ2) is 9.73. The molecule has 0 saturated carbocycles. The second-order valence-corrected chi connectivity index (χ2v) is 5.72. The summed E-state index contributed by atoms with van der Waals surface area (Å²) in [5.41, 5.74) is 1.20. The van der Waals surface area contributed by atoms with Gasteiger partial charge in [0.2, 0.25) is 0 Å². The zero-order chi connectivity index (χ0) is 14.2. The van der Waals surface area contributed by atoms with E-state index in [4.69, 9.17) is 0 Å². The third-order valence-corrected chi connectivity index (χ3v) is 3.60. The smallest absolute Gasteiger partial charge is 0.191 e. The number of halogens is 1. The number of aromatic nitrogens is 1. The van der Waals surface area contributed by atoms with Gasteiger partial charge in [0.1, 0.15) is 5.01 Å². The average molecular weight is 416 g/mol. The minimum Gasteiger partial charge on any atom is -0.357 e. The highest BCUT2D eigenvalue weighted by Crippen LogP contribution is 2.10. The molecule has 114 valence electrons. The van der Waals surface area contributed by atoms with Crippen molar-refractivity contribution in [3.05, 3.63) is 52.0 Å². The van der Waals surface area contributed by atoms with Gasteiger partial charge < -0.3 is 10.6 Å². The van der Waals surface area contributed by atoms with Crippen molar-refractivity contribution in [1.29, 1.82) is 0 Å². The highest BCUT2D eigenvalue weighted by molar-refractivity contribution is 14.0. The first-order valence-electron chi connectivity index (χ1n) is 6.75. The minimum absolute atomic E-state index is 0. The van der Waals surface area contributed by atoms with E-state index in [0.29, 0.717) is 13.1 Å². The van der Waals surface area contributed by atoms with Gasteiger partial charge in [-0.3, -0.25) is 0 Å². The number of guanidine groups is 1. The first-order valence-corrected chi connectivity index (χ1v) is 7.57. The number of aryl methyl sites for hydroxylation is 1. The van der Waals surface area contributed by atoms with Crippen LogP contribution in [0.2, 0.25) is 0 Å². The monoisotopic (exact) mass is 416 g/mol. The maximum Gasteiger partial charge on any atom is 0.191 e. The van der Waals surface area contributed by atoms with Crippen molar-refractivity contribution in [2.75, 3.05) is 6.54 Å². The zero-order valence-electron chi connectivity index (χ0n) is 12.3. The number of nitrogens with zero attached hydrogens (tertiary/aromatic N) is 2. The fourth-order valence-corrected chi connectivity index (χ4v) is 2.46. The number of thiazole rings is 1. The molecule has 2 N–H and O–H groups in total. The van der Waals surface area contributed by atoms with Crippen molar-refractivity contribution >= 4 is 41.3 Å². The van der Waals surface area contributed by atoms with Crippen LogP contribution in [0.15, 0.2) is 41.5 Å². The summed E-state index contributed by atoms with van der Waals surface area (Å²) in [4.78, 5) is 10.1. The predicted octanol–water partition coefficient (Wildman–Crippen LogP) is 3.32. The Kier molecular flexibility index (Phi) is 8.29. The van der Waals surface area contributed by atoms with Crippen molar-refractivity contribution in [2.24, 2.45) is 4.99 Å². The lowest BCUT2D eigenvalue weighted by Gasteiger charge is -2.10. The van der Waals surface area contributed by atoms with Gasteiger partial charge in [-0.1, -0.05) is 30.3 Å². The second-order valence-electron chi connectivity index (χ2n) is 4.40. The Morgan fingerprint density at radius 2 is 2.00 bits per heavy atom. The van der Waals surface area contributed by atoms with Crippen molar-refractivity contribution in [3.63, 3.8) is 0 Å². The van der Waals surface area contributed by atoms with Crippen molar-refractivity contribution in [2.45, 2.75) is 26.9 Å². The van der Waals surface area contributed by atoms with Crippen LogP contribution in [0.5, 0.6) is 0 Å². The summed E-state index contributed by atoms with van der Waals surface area (Å²) in [6.07, 6.45) is 1.90. The van der Waals surface area contributed by atoms with E-state index in [2.05, 4.69) is 46.6 Å². The van der Waals surface area contributed by atoms with Crippen molar-refractivity contribution in [1.82, 2.24) is 15.6 Å². The summed E-state index contributed by atoms with van der Waals surface area (Å²) in [6.45, 7) is 6.35. The predicted molar refractivity (Wildman–Crippen MR) is 100 cm³/mol. The molecule has 1 aromatic carbocycles. The molecule has 0 amide bonds. The van der Waals surface area contributed by atoms with Gasteiger partial charge in [-0.2, -0.15) is 0 Å². The number of benzene rings is 1. The van der Waals surface area contributed by atoms with Crippen LogP contribution < -0.4 is 10.6 Å². The van der Waals surface area contributed by atoms with E-state index in [-0.39, 0.29) is 24.0 Å². The summed E-state index contributed by atoms with van der Waals surface area (Å²) in [5.74, 6) is 0.823. The van der Waals surface area contributed by atoms with E-state index >= 15 is 0 Å². The van der Waals surface area contributed by atoms with Gasteiger partial charge in [-0.05, 0) is 19.4 Å². The van der Waals surface area contributed by atoms with Crippen LogP contribution in [0.25, 0.3) is 0 Å². The topological polar surface area (TPSA) is 49.3 Å². The maximum atomic E-state index is 4.58. The summed E-state index contributed by atoms with van der Waals surface area (Å²) >= 11 is 1.71. The van der Waals surface area contributed by atoms with Crippen LogP contribution in [0.1, 0.15) is 22.4 Å². The molecule has 6 heteroatoms. The lowest BCUT2D eigenvalue weighted by molar-refractivity contribution is 0.811. The molecule has 0 aliphatic carbocycles. The molecule has 2 aromatic rings. The molecule has 0 atom stereocenters. The molecule has 0 unspecified atom stereocenters. The summed E-state index contributed by atoms with van der Waals surface area (Å²) < 4.78 is 0. The highest BCUT2D eigenvalue weighted by Gasteiger charge is 2.01. The normalized spacial score (nSPS) is 10.9. The number of rotatable bonds is 5. The third-order valence-electron chi connectivity index (χ3n) is 2.68. The van der Waals surface area contributed by atoms with E-state index in [1.165, 1.54) is 10.4 Å². The molecule has 1 aromatic heterocycles. The molecule has 0 radical (unpaired) electrons. The summed E-state index contributed by atoms with van der Waals surface area (Å²) in [6, 6.07) is 10.2. The first kappa shape index (κ1) is 17.9. The number of nitrogens with one attached hydrogen (secondary N) is 2. The van der Waals surface area contributed by atoms with Crippen LogP contribution in [0.3, 0.4) is 0 Å². The molecule has 21 heavy (non-hydrogen) atoms. The first-order chi connectivity index (χ1) is 9.78. The van der Waals surface area contributed by atoms with E-state index in [9.17, 15) is 0 Å². The average Bonchev–Trinajstić information content (AvgIpc) is 2.89. The molecular weight excluding hydrogens is 395 g/mol. The van der Waals surface area contributed by atoms with Crippen LogP contribution >= 0.6 is 35.3 Å². The summed E-state index contributed by atoms with van der Waals surface area (Å²) in [7, 11) is 0. The molecule has 0 aliphatic rings. The lowest BCUT2D eigenvalue weighted by atomic mass is 10.2. The van der Waals surface area contributed by atoms with Crippen molar-refractivity contribution < 1.29 is 0 Å². The molecular formula is C15H21IN4S.